The summed E-state index contributed by atoms with van der Waals surface area (Å²) in [4.78, 5) is 27.8. The number of nitrogens with one attached hydrogen (secondary N) is 1. The number of ether oxygens (including phenoxy) is 4. The molecule has 3 heterocycles. The van der Waals surface area contributed by atoms with Gasteiger partial charge in [0, 0.05) is 38.3 Å². The Morgan fingerprint density at radius 2 is 1.86 bits per heavy atom. The molecule has 0 aromatic heterocycles. The van der Waals surface area contributed by atoms with Gasteiger partial charge in [-0.15, -0.1) is 0 Å². The standard InChI is InChI=1S/C28H34N2O6/c31-26(10-14-34-23-6-2-1-3-7-23)30-13-4-5-21(18-30)27(32)29-19-28(11-15-33-16-12-28)22-8-9-24-25(17-22)36-20-35-24/h1-3,6-9,17,21H,4-5,10-16,18-20H2,(H,29,32). The number of benzene rings is 2. The monoisotopic (exact) mass is 494 g/mol. The van der Waals surface area contributed by atoms with E-state index in [1.807, 2.05) is 47.4 Å². The van der Waals surface area contributed by atoms with Crippen molar-refractivity contribution in [1.29, 1.82) is 0 Å². The Balaban J connectivity index is 1.16. The smallest absolute Gasteiger partial charge is 0.231 e. The molecule has 8 heteroatoms. The van der Waals surface area contributed by atoms with Gasteiger partial charge in [-0.2, -0.15) is 0 Å². The number of amides is 2. The predicted octanol–water partition coefficient (Wildman–Crippen LogP) is 3.29. The molecule has 1 N–H and O–H groups in total. The number of para-hydroxylation sites is 1. The van der Waals surface area contributed by atoms with Gasteiger partial charge in [0.1, 0.15) is 5.75 Å². The van der Waals surface area contributed by atoms with Crippen LogP contribution in [0.5, 0.6) is 17.2 Å². The number of piperidine rings is 1. The molecule has 2 amide bonds. The average molecular weight is 495 g/mol. The predicted molar refractivity (Wildman–Crippen MR) is 133 cm³/mol. The summed E-state index contributed by atoms with van der Waals surface area (Å²) in [5, 5.41) is 3.22. The van der Waals surface area contributed by atoms with Crippen LogP contribution in [0.1, 0.15) is 37.7 Å². The SMILES string of the molecule is O=C(NCC1(c2ccc3c(c2)OCO3)CCOCC1)C1CCCN(C(=O)CCOc2ccccc2)C1. The Hall–Kier alpha value is -3.26. The van der Waals surface area contributed by atoms with Crippen LogP contribution in [0.4, 0.5) is 0 Å². The lowest BCUT2D eigenvalue weighted by molar-refractivity contribution is -0.136. The van der Waals surface area contributed by atoms with Gasteiger partial charge in [-0.3, -0.25) is 9.59 Å². The van der Waals surface area contributed by atoms with E-state index in [0.717, 1.165) is 48.5 Å². The molecule has 2 saturated heterocycles. The van der Waals surface area contributed by atoms with E-state index < -0.39 is 0 Å². The molecule has 192 valence electrons. The quantitative estimate of drug-likeness (QED) is 0.606. The molecule has 3 aliphatic heterocycles. The maximum Gasteiger partial charge on any atom is 0.231 e. The van der Waals surface area contributed by atoms with E-state index in [9.17, 15) is 9.59 Å². The topological polar surface area (TPSA) is 86.3 Å². The maximum absolute atomic E-state index is 13.2. The Kier molecular flexibility index (Phi) is 7.60. The molecule has 0 spiro atoms. The molecule has 36 heavy (non-hydrogen) atoms. The van der Waals surface area contributed by atoms with E-state index in [1.54, 1.807) is 0 Å². The van der Waals surface area contributed by atoms with E-state index >= 15 is 0 Å². The van der Waals surface area contributed by atoms with Crippen LogP contribution < -0.4 is 19.5 Å². The average Bonchev–Trinajstić information content (AvgIpc) is 3.41. The number of carbonyl (C=O) groups is 2. The molecule has 2 aromatic carbocycles. The van der Waals surface area contributed by atoms with Gasteiger partial charge in [0.25, 0.3) is 0 Å². The third-order valence-electron chi connectivity index (χ3n) is 7.51. The van der Waals surface area contributed by atoms with Gasteiger partial charge in [-0.1, -0.05) is 24.3 Å². The van der Waals surface area contributed by atoms with Crippen LogP contribution in [-0.4, -0.2) is 63.0 Å². The molecular weight excluding hydrogens is 460 g/mol. The second kappa shape index (κ2) is 11.2. The summed E-state index contributed by atoms with van der Waals surface area (Å²) in [5.41, 5.74) is 0.919. The van der Waals surface area contributed by atoms with Crippen molar-refractivity contribution < 1.29 is 28.5 Å². The van der Waals surface area contributed by atoms with Gasteiger partial charge in [-0.05, 0) is 55.5 Å². The zero-order valence-electron chi connectivity index (χ0n) is 20.6. The Bertz CT molecular complexity index is 1050. The Morgan fingerprint density at radius 3 is 2.69 bits per heavy atom. The minimum atomic E-state index is -0.214. The minimum Gasteiger partial charge on any atom is -0.493 e. The van der Waals surface area contributed by atoms with E-state index in [4.69, 9.17) is 18.9 Å². The largest absolute Gasteiger partial charge is 0.493 e. The number of likely N-dealkylation sites (tertiary alicyclic amines) is 1. The summed E-state index contributed by atoms with van der Waals surface area (Å²) in [6, 6.07) is 15.5. The fourth-order valence-electron chi connectivity index (χ4n) is 5.31. The highest BCUT2D eigenvalue weighted by Crippen LogP contribution is 2.40. The van der Waals surface area contributed by atoms with E-state index in [0.29, 0.717) is 45.9 Å². The van der Waals surface area contributed by atoms with Crippen LogP contribution in [0.3, 0.4) is 0 Å². The van der Waals surface area contributed by atoms with Crippen molar-refractivity contribution in [2.75, 3.05) is 46.2 Å². The maximum atomic E-state index is 13.2. The van der Waals surface area contributed by atoms with Crippen molar-refractivity contribution in [3.8, 4) is 17.2 Å². The zero-order chi connectivity index (χ0) is 24.8. The van der Waals surface area contributed by atoms with E-state index in [2.05, 4.69) is 11.4 Å². The fraction of sp³-hybridized carbons (Fsp3) is 0.500. The van der Waals surface area contributed by atoms with Gasteiger partial charge in [0.05, 0.1) is 18.9 Å². The molecule has 0 saturated carbocycles. The molecule has 1 atom stereocenters. The number of hydrogen-bond acceptors (Lipinski definition) is 6. The number of carbonyl (C=O) groups excluding carboxylic acids is 2. The molecule has 0 bridgehead atoms. The number of nitrogens with zero attached hydrogens (tertiary/aromatic N) is 1. The lowest BCUT2D eigenvalue weighted by Gasteiger charge is -2.39. The summed E-state index contributed by atoms with van der Waals surface area (Å²) in [6.45, 7) is 3.55. The second-order valence-corrected chi connectivity index (χ2v) is 9.77. The second-order valence-electron chi connectivity index (χ2n) is 9.77. The summed E-state index contributed by atoms with van der Waals surface area (Å²) < 4.78 is 22.4. The van der Waals surface area contributed by atoms with Crippen LogP contribution in [-0.2, 0) is 19.7 Å². The first-order valence-corrected chi connectivity index (χ1v) is 12.8. The van der Waals surface area contributed by atoms with E-state index in [-0.39, 0.29) is 29.9 Å². The van der Waals surface area contributed by atoms with Gasteiger partial charge in [0.2, 0.25) is 18.6 Å². The summed E-state index contributed by atoms with van der Waals surface area (Å²) >= 11 is 0. The first kappa shape index (κ1) is 24.4. The molecule has 2 fully saturated rings. The zero-order valence-corrected chi connectivity index (χ0v) is 20.6. The van der Waals surface area contributed by atoms with Crippen molar-refractivity contribution in [3.05, 3.63) is 54.1 Å². The van der Waals surface area contributed by atoms with Gasteiger partial charge in [-0.25, -0.2) is 0 Å². The third kappa shape index (κ3) is 5.59. The van der Waals surface area contributed by atoms with Crippen molar-refractivity contribution in [2.24, 2.45) is 5.92 Å². The molecule has 3 aliphatic rings. The number of rotatable bonds is 8. The van der Waals surface area contributed by atoms with Gasteiger partial charge < -0.3 is 29.2 Å². The normalized spacial score (nSPS) is 20.6. The molecule has 8 nitrogen and oxygen atoms in total. The fourth-order valence-corrected chi connectivity index (χ4v) is 5.31. The summed E-state index contributed by atoms with van der Waals surface area (Å²) in [7, 11) is 0. The van der Waals surface area contributed by atoms with Gasteiger partial charge >= 0.3 is 0 Å². The van der Waals surface area contributed by atoms with Gasteiger partial charge in [0.15, 0.2) is 11.5 Å². The highest BCUT2D eigenvalue weighted by atomic mass is 16.7. The summed E-state index contributed by atoms with van der Waals surface area (Å²) in [5.74, 6) is 2.11. The lowest BCUT2D eigenvalue weighted by Crippen LogP contribution is -2.49. The number of fused-ring (bicyclic) bond motifs is 1. The molecule has 2 aromatic rings. The Morgan fingerprint density at radius 1 is 1.06 bits per heavy atom. The Labute approximate surface area is 211 Å². The van der Waals surface area contributed by atoms with Crippen LogP contribution in [0.25, 0.3) is 0 Å². The minimum absolute atomic E-state index is 0.0136. The van der Waals surface area contributed by atoms with Crippen LogP contribution >= 0.6 is 0 Å². The van der Waals surface area contributed by atoms with Crippen molar-refractivity contribution in [3.63, 3.8) is 0 Å². The first-order chi connectivity index (χ1) is 17.6. The number of hydrogen-bond donors (Lipinski definition) is 1. The van der Waals surface area contributed by atoms with Crippen LogP contribution in [0.2, 0.25) is 0 Å². The molecule has 1 unspecified atom stereocenters. The van der Waals surface area contributed by atoms with Crippen molar-refractivity contribution in [1.82, 2.24) is 10.2 Å². The van der Waals surface area contributed by atoms with Crippen LogP contribution in [0.15, 0.2) is 48.5 Å². The molecule has 5 rings (SSSR count). The first-order valence-electron chi connectivity index (χ1n) is 12.8. The highest BCUT2D eigenvalue weighted by molar-refractivity contribution is 5.81. The highest BCUT2D eigenvalue weighted by Gasteiger charge is 2.37. The van der Waals surface area contributed by atoms with Crippen molar-refractivity contribution >= 4 is 11.8 Å². The third-order valence-corrected chi connectivity index (χ3v) is 7.51. The van der Waals surface area contributed by atoms with E-state index in [1.165, 1.54) is 0 Å². The molecular formula is C28H34N2O6. The molecule has 0 aliphatic carbocycles. The van der Waals surface area contributed by atoms with Crippen LogP contribution in [0, 0.1) is 5.92 Å². The van der Waals surface area contributed by atoms with Crippen molar-refractivity contribution in [2.45, 2.75) is 37.5 Å². The molecule has 0 radical (unpaired) electrons. The lowest BCUT2D eigenvalue weighted by atomic mass is 9.74. The summed E-state index contributed by atoms with van der Waals surface area (Å²) in [6.07, 6.45) is 3.56.